The average Bonchev–Trinajstić information content (AvgIpc) is 3.16. The minimum Gasteiger partial charge on any atom is -0.355 e. The maximum absolute atomic E-state index is 12.6. The van der Waals surface area contributed by atoms with Crippen LogP contribution in [0.4, 0.5) is 0 Å². The molecule has 0 bridgehead atoms. The monoisotopic (exact) mass is 369 g/mol. The van der Waals surface area contributed by atoms with Crippen molar-refractivity contribution in [3.05, 3.63) is 0 Å². The summed E-state index contributed by atoms with van der Waals surface area (Å²) in [5.41, 5.74) is 0. The molecular formula is C18H35N5OS. The fraction of sp³-hybridized carbons (Fsp3) is 0.889. The van der Waals surface area contributed by atoms with Crippen molar-refractivity contribution in [3.63, 3.8) is 0 Å². The van der Waals surface area contributed by atoms with Gasteiger partial charge in [0.25, 0.3) is 0 Å². The van der Waals surface area contributed by atoms with E-state index >= 15 is 0 Å². The smallest absolute Gasteiger partial charge is 0.239 e. The molecule has 0 aromatic rings. The first-order valence-electron chi connectivity index (χ1n) is 9.41. The van der Waals surface area contributed by atoms with Crippen molar-refractivity contribution < 1.29 is 4.79 Å². The van der Waals surface area contributed by atoms with Gasteiger partial charge in [0.1, 0.15) is 0 Å². The molecule has 2 rings (SSSR count). The minimum absolute atomic E-state index is 0.00866. The molecule has 1 amide bonds. The van der Waals surface area contributed by atoms with Gasteiger partial charge in [0.15, 0.2) is 5.96 Å². The van der Waals surface area contributed by atoms with Gasteiger partial charge in [0.05, 0.1) is 6.04 Å². The van der Waals surface area contributed by atoms with Crippen molar-refractivity contribution in [3.8, 4) is 0 Å². The number of guanidine groups is 1. The number of piperazine rings is 1. The Labute approximate surface area is 157 Å². The van der Waals surface area contributed by atoms with Crippen LogP contribution in [0.25, 0.3) is 0 Å². The number of aliphatic imine (C=N–C) groups is 1. The fourth-order valence-electron chi connectivity index (χ4n) is 3.38. The lowest BCUT2D eigenvalue weighted by Crippen LogP contribution is -2.57. The highest BCUT2D eigenvalue weighted by molar-refractivity contribution is 7.99. The summed E-state index contributed by atoms with van der Waals surface area (Å²) in [6.45, 7) is 12.9. The predicted octanol–water partition coefficient (Wildman–Crippen LogP) is 1.33. The summed E-state index contributed by atoms with van der Waals surface area (Å²) < 4.78 is 0.189. The Morgan fingerprint density at radius 1 is 1.12 bits per heavy atom. The molecule has 0 aromatic carbocycles. The number of carbonyl (C=O) groups is 1. The van der Waals surface area contributed by atoms with Gasteiger partial charge in [-0.25, -0.2) is 0 Å². The van der Waals surface area contributed by atoms with Crippen LogP contribution < -0.4 is 5.32 Å². The molecule has 1 unspecified atom stereocenters. The number of nitrogens with zero attached hydrogens (tertiary/aromatic N) is 4. The van der Waals surface area contributed by atoms with Crippen LogP contribution >= 0.6 is 11.8 Å². The van der Waals surface area contributed by atoms with E-state index in [4.69, 9.17) is 0 Å². The van der Waals surface area contributed by atoms with Crippen molar-refractivity contribution in [1.29, 1.82) is 0 Å². The van der Waals surface area contributed by atoms with E-state index in [1.165, 1.54) is 0 Å². The van der Waals surface area contributed by atoms with Gasteiger partial charge >= 0.3 is 0 Å². The first-order valence-corrected chi connectivity index (χ1v) is 10.6. The molecule has 2 aliphatic heterocycles. The number of amides is 1. The maximum atomic E-state index is 12.6. The zero-order valence-corrected chi connectivity index (χ0v) is 17.4. The van der Waals surface area contributed by atoms with Crippen molar-refractivity contribution in [2.24, 2.45) is 4.99 Å². The van der Waals surface area contributed by atoms with Gasteiger partial charge < -0.3 is 15.1 Å². The van der Waals surface area contributed by atoms with Crippen LogP contribution in [-0.2, 0) is 4.79 Å². The molecule has 2 saturated heterocycles. The number of hydrogen-bond acceptors (Lipinski definition) is 4. The van der Waals surface area contributed by atoms with E-state index in [9.17, 15) is 4.79 Å². The van der Waals surface area contributed by atoms with E-state index in [1.54, 1.807) is 0 Å². The molecule has 0 aliphatic carbocycles. The highest BCUT2D eigenvalue weighted by atomic mass is 32.2. The quantitative estimate of drug-likeness (QED) is 0.585. The standard InChI is InChI=1S/C18H35N5OS/c1-15(16(24)22-8-6-7-9-22)21-10-12-23(13-11-21)17(19-4)20-14-18(2,3)25-5/h15H,6-14H2,1-5H3,(H,19,20). The minimum atomic E-state index is -0.00866. The second-order valence-electron chi connectivity index (χ2n) is 7.60. The third kappa shape index (κ3) is 5.51. The summed E-state index contributed by atoms with van der Waals surface area (Å²) in [4.78, 5) is 23.7. The summed E-state index contributed by atoms with van der Waals surface area (Å²) in [5.74, 6) is 1.27. The highest BCUT2D eigenvalue weighted by Gasteiger charge is 2.30. The lowest BCUT2D eigenvalue weighted by Gasteiger charge is -2.40. The molecule has 1 N–H and O–H groups in total. The molecule has 0 saturated carbocycles. The van der Waals surface area contributed by atoms with Crippen LogP contribution in [0.5, 0.6) is 0 Å². The number of thioether (sulfide) groups is 1. The lowest BCUT2D eigenvalue weighted by molar-refractivity contribution is -0.135. The Morgan fingerprint density at radius 3 is 2.24 bits per heavy atom. The maximum Gasteiger partial charge on any atom is 0.239 e. The SMILES string of the molecule is CN=C(NCC(C)(C)SC)N1CCN(C(C)C(=O)N2CCCC2)CC1. The normalized spacial score (nSPS) is 21.6. The number of hydrogen-bond donors (Lipinski definition) is 1. The largest absolute Gasteiger partial charge is 0.355 e. The summed E-state index contributed by atoms with van der Waals surface area (Å²) in [6, 6.07) is -0.00866. The Balaban J connectivity index is 1.82. The fourth-order valence-corrected chi connectivity index (χ4v) is 3.59. The van der Waals surface area contributed by atoms with Gasteiger partial charge in [-0.15, -0.1) is 0 Å². The Bertz CT molecular complexity index is 468. The first-order chi connectivity index (χ1) is 11.9. The lowest BCUT2D eigenvalue weighted by atomic mass is 10.2. The zero-order chi connectivity index (χ0) is 18.4. The van der Waals surface area contributed by atoms with Crippen LogP contribution in [0.15, 0.2) is 4.99 Å². The van der Waals surface area contributed by atoms with Crippen LogP contribution in [-0.4, -0.2) is 96.5 Å². The summed E-state index contributed by atoms with van der Waals surface area (Å²) in [7, 11) is 1.85. The van der Waals surface area contributed by atoms with Gasteiger partial charge in [0.2, 0.25) is 5.91 Å². The second kappa shape index (κ2) is 9.12. The van der Waals surface area contributed by atoms with E-state index in [-0.39, 0.29) is 10.8 Å². The van der Waals surface area contributed by atoms with Crippen LogP contribution in [0.1, 0.15) is 33.6 Å². The van der Waals surface area contributed by atoms with Gasteiger partial charge in [-0.1, -0.05) is 0 Å². The second-order valence-corrected chi connectivity index (χ2v) is 9.11. The summed E-state index contributed by atoms with van der Waals surface area (Å²) in [5, 5.41) is 3.50. The first kappa shape index (κ1) is 20.4. The molecule has 0 aromatic heterocycles. The van der Waals surface area contributed by atoms with Crippen LogP contribution in [0, 0.1) is 0 Å². The number of nitrogens with one attached hydrogen (secondary N) is 1. The number of carbonyl (C=O) groups excluding carboxylic acids is 1. The Kier molecular flexibility index (Phi) is 7.43. The van der Waals surface area contributed by atoms with E-state index in [0.29, 0.717) is 5.91 Å². The number of rotatable bonds is 5. The van der Waals surface area contributed by atoms with Gasteiger partial charge in [-0.2, -0.15) is 11.8 Å². The van der Waals surface area contributed by atoms with Crippen molar-refractivity contribution in [2.45, 2.75) is 44.4 Å². The highest BCUT2D eigenvalue weighted by Crippen LogP contribution is 2.20. The molecule has 0 radical (unpaired) electrons. The van der Waals surface area contributed by atoms with Crippen LogP contribution in [0.3, 0.4) is 0 Å². The zero-order valence-electron chi connectivity index (χ0n) is 16.5. The summed E-state index contributed by atoms with van der Waals surface area (Å²) >= 11 is 1.86. The predicted molar refractivity (Wildman–Crippen MR) is 107 cm³/mol. The molecular weight excluding hydrogens is 334 g/mol. The van der Waals surface area contributed by atoms with Gasteiger partial charge in [-0.05, 0) is 39.9 Å². The van der Waals surface area contributed by atoms with Crippen molar-refractivity contribution >= 4 is 23.6 Å². The molecule has 2 aliphatic rings. The topological polar surface area (TPSA) is 51.2 Å². The van der Waals surface area contributed by atoms with E-state index in [1.807, 2.05) is 23.7 Å². The summed E-state index contributed by atoms with van der Waals surface area (Å²) in [6.07, 6.45) is 4.45. The molecule has 144 valence electrons. The molecule has 7 heteroatoms. The Morgan fingerprint density at radius 2 is 1.72 bits per heavy atom. The third-order valence-corrected chi connectivity index (χ3v) is 6.62. The van der Waals surface area contributed by atoms with Crippen LogP contribution in [0.2, 0.25) is 0 Å². The molecule has 6 nitrogen and oxygen atoms in total. The number of likely N-dealkylation sites (tertiary alicyclic amines) is 1. The third-order valence-electron chi connectivity index (χ3n) is 5.37. The van der Waals surface area contributed by atoms with E-state index in [0.717, 1.165) is 64.6 Å². The van der Waals surface area contributed by atoms with E-state index < -0.39 is 0 Å². The van der Waals surface area contributed by atoms with Gasteiger partial charge in [-0.3, -0.25) is 14.7 Å². The molecule has 0 spiro atoms. The molecule has 2 heterocycles. The molecule has 25 heavy (non-hydrogen) atoms. The Hall–Kier alpha value is -0.950. The van der Waals surface area contributed by atoms with Crippen molar-refractivity contribution in [1.82, 2.24) is 20.0 Å². The molecule has 1 atom stereocenters. The average molecular weight is 370 g/mol. The van der Waals surface area contributed by atoms with Crippen molar-refractivity contribution in [2.75, 3.05) is 59.1 Å². The van der Waals surface area contributed by atoms with Gasteiger partial charge in [0, 0.05) is 57.6 Å². The molecule has 2 fully saturated rings. The van der Waals surface area contributed by atoms with E-state index in [2.05, 4.69) is 47.1 Å².